The molecular weight excluding hydrogens is 216 g/mol. The normalized spacial score (nSPS) is 15.8. The molecule has 92 valence electrons. The summed E-state index contributed by atoms with van der Waals surface area (Å²) >= 11 is 0. The van der Waals surface area contributed by atoms with Gasteiger partial charge in [0.1, 0.15) is 0 Å². The number of methoxy groups -OCH3 is 2. The van der Waals surface area contributed by atoms with Crippen LogP contribution >= 0.6 is 0 Å². The molecule has 2 rings (SSSR count). The van der Waals surface area contributed by atoms with Gasteiger partial charge in [-0.25, -0.2) is 0 Å². The number of benzene rings is 1. The molecule has 2 N–H and O–H groups in total. The highest BCUT2D eigenvalue weighted by atomic mass is 16.5. The molecule has 1 fully saturated rings. The number of rotatable bonds is 5. The minimum absolute atomic E-state index is 0.468. The van der Waals surface area contributed by atoms with Crippen LogP contribution in [0.1, 0.15) is 18.4 Å². The third kappa shape index (κ3) is 3.12. The van der Waals surface area contributed by atoms with Crippen molar-refractivity contribution in [2.75, 3.05) is 14.2 Å². The van der Waals surface area contributed by atoms with Crippen molar-refractivity contribution in [3.63, 3.8) is 0 Å². The molecule has 4 heteroatoms. The first-order valence-corrected chi connectivity index (χ1v) is 5.76. The summed E-state index contributed by atoms with van der Waals surface area (Å²) in [5, 5.41) is 0. The molecule has 0 saturated heterocycles. The summed E-state index contributed by atoms with van der Waals surface area (Å²) in [6.07, 6.45) is 3.01. The van der Waals surface area contributed by atoms with Crippen LogP contribution < -0.4 is 15.2 Å². The quantitative estimate of drug-likeness (QED) is 0.624. The predicted molar refractivity (Wildman–Crippen MR) is 67.9 cm³/mol. The third-order valence-corrected chi connectivity index (χ3v) is 2.73. The molecule has 0 aromatic heterocycles. The summed E-state index contributed by atoms with van der Waals surface area (Å²) in [6.45, 7) is 0. The number of aliphatic imine (C=N–C) groups is 1. The average Bonchev–Trinajstić information content (AvgIpc) is 3.12. The first-order chi connectivity index (χ1) is 8.22. The highest BCUT2D eigenvalue weighted by molar-refractivity contribution is 5.83. The van der Waals surface area contributed by atoms with E-state index in [4.69, 9.17) is 15.2 Å². The topological polar surface area (TPSA) is 56.8 Å². The van der Waals surface area contributed by atoms with Gasteiger partial charge in [0.25, 0.3) is 0 Å². The fraction of sp³-hybridized carbons (Fsp3) is 0.462. The van der Waals surface area contributed by atoms with Gasteiger partial charge in [-0.05, 0) is 30.5 Å². The molecule has 4 nitrogen and oxygen atoms in total. The molecule has 0 heterocycles. The Balaban J connectivity index is 2.10. The van der Waals surface area contributed by atoms with Gasteiger partial charge in [0, 0.05) is 6.42 Å². The average molecular weight is 234 g/mol. The Morgan fingerprint density at radius 1 is 1.29 bits per heavy atom. The fourth-order valence-electron chi connectivity index (χ4n) is 1.68. The summed E-state index contributed by atoms with van der Waals surface area (Å²) in [6, 6.07) is 6.28. The molecule has 17 heavy (non-hydrogen) atoms. The second-order valence-corrected chi connectivity index (χ2v) is 4.22. The highest BCUT2D eigenvalue weighted by Crippen LogP contribution is 2.28. The Morgan fingerprint density at radius 2 is 2.00 bits per heavy atom. The molecule has 0 unspecified atom stereocenters. The minimum Gasteiger partial charge on any atom is -0.493 e. The molecule has 0 atom stereocenters. The summed E-state index contributed by atoms with van der Waals surface area (Å²) in [4.78, 5) is 4.40. The lowest BCUT2D eigenvalue weighted by Crippen LogP contribution is -2.15. The number of hydrogen-bond donors (Lipinski definition) is 1. The first-order valence-electron chi connectivity index (χ1n) is 5.76. The second kappa shape index (κ2) is 5.08. The Kier molecular flexibility index (Phi) is 3.52. The van der Waals surface area contributed by atoms with Crippen LogP contribution in [0.4, 0.5) is 0 Å². The van der Waals surface area contributed by atoms with Gasteiger partial charge in [0.05, 0.1) is 26.1 Å². The van der Waals surface area contributed by atoms with Gasteiger partial charge >= 0.3 is 0 Å². The molecule has 1 aliphatic carbocycles. The molecule has 0 amide bonds. The van der Waals surface area contributed by atoms with Crippen LogP contribution in [0.5, 0.6) is 11.5 Å². The molecule has 0 spiro atoms. The van der Waals surface area contributed by atoms with Crippen molar-refractivity contribution in [1.29, 1.82) is 0 Å². The molecule has 1 aromatic rings. The Hall–Kier alpha value is -1.71. The second-order valence-electron chi connectivity index (χ2n) is 4.22. The Morgan fingerprint density at radius 3 is 2.59 bits per heavy atom. The van der Waals surface area contributed by atoms with Crippen molar-refractivity contribution in [3.05, 3.63) is 23.8 Å². The Bertz CT molecular complexity index is 425. The van der Waals surface area contributed by atoms with Gasteiger partial charge in [0.2, 0.25) is 0 Å². The van der Waals surface area contributed by atoms with Crippen LogP contribution in [-0.2, 0) is 6.42 Å². The van der Waals surface area contributed by atoms with Crippen LogP contribution in [0.2, 0.25) is 0 Å². The van der Waals surface area contributed by atoms with E-state index in [2.05, 4.69) is 4.99 Å². The lowest BCUT2D eigenvalue weighted by Gasteiger charge is -2.09. The van der Waals surface area contributed by atoms with Crippen LogP contribution in [0, 0.1) is 0 Å². The maximum absolute atomic E-state index is 5.89. The van der Waals surface area contributed by atoms with Crippen molar-refractivity contribution in [3.8, 4) is 11.5 Å². The van der Waals surface area contributed by atoms with E-state index in [0.29, 0.717) is 18.3 Å². The summed E-state index contributed by atoms with van der Waals surface area (Å²) in [7, 11) is 3.25. The maximum Gasteiger partial charge on any atom is 0.161 e. The van der Waals surface area contributed by atoms with E-state index in [0.717, 1.165) is 17.1 Å². The van der Waals surface area contributed by atoms with E-state index >= 15 is 0 Å². The van der Waals surface area contributed by atoms with Gasteiger partial charge in [-0.15, -0.1) is 0 Å². The zero-order valence-electron chi connectivity index (χ0n) is 10.3. The van der Waals surface area contributed by atoms with Crippen LogP contribution in [0.3, 0.4) is 0 Å². The van der Waals surface area contributed by atoms with Crippen molar-refractivity contribution >= 4 is 5.84 Å². The maximum atomic E-state index is 5.89. The largest absolute Gasteiger partial charge is 0.493 e. The predicted octanol–water partition coefficient (Wildman–Crippen LogP) is 1.77. The van der Waals surface area contributed by atoms with Gasteiger partial charge in [-0.1, -0.05) is 6.07 Å². The Labute approximate surface area is 101 Å². The number of nitrogens with zero attached hydrogens (tertiary/aromatic N) is 1. The molecule has 0 radical (unpaired) electrons. The minimum atomic E-state index is 0.468. The standard InChI is InChI=1S/C13H18N2O2/c1-16-11-6-3-9(7-12(11)17-2)8-13(14)15-10-4-5-10/h3,6-7,10H,4-5,8H2,1-2H3,(H2,14,15). The van der Waals surface area contributed by atoms with Gasteiger partial charge < -0.3 is 15.2 Å². The molecule has 1 saturated carbocycles. The van der Waals surface area contributed by atoms with Gasteiger partial charge in [-0.2, -0.15) is 0 Å². The van der Waals surface area contributed by atoms with Crippen molar-refractivity contribution in [2.45, 2.75) is 25.3 Å². The first kappa shape index (κ1) is 11.8. The highest BCUT2D eigenvalue weighted by Gasteiger charge is 2.20. The number of amidine groups is 1. The van der Waals surface area contributed by atoms with Crippen molar-refractivity contribution < 1.29 is 9.47 Å². The van der Waals surface area contributed by atoms with Gasteiger partial charge in [-0.3, -0.25) is 4.99 Å². The molecular formula is C13H18N2O2. The van der Waals surface area contributed by atoms with E-state index in [1.165, 1.54) is 12.8 Å². The summed E-state index contributed by atoms with van der Waals surface area (Å²) in [5.74, 6) is 2.15. The SMILES string of the molecule is COc1ccc(CC(N)=NC2CC2)cc1OC. The van der Waals surface area contributed by atoms with Crippen LogP contribution in [-0.4, -0.2) is 26.1 Å². The van der Waals surface area contributed by atoms with E-state index in [1.807, 2.05) is 18.2 Å². The van der Waals surface area contributed by atoms with Crippen molar-refractivity contribution in [1.82, 2.24) is 0 Å². The van der Waals surface area contributed by atoms with E-state index in [9.17, 15) is 0 Å². The third-order valence-electron chi connectivity index (χ3n) is 2.73. The molecule has 0 bridgehead atoms. The van der Waals surface area contributed by atoms with Gasteiger partial charge in [0.15, 0.2) is 11.5 Å². The van der Waals surface area contributed by atoms with Crippen molar-refractivity contribution in [2.24, 2.45) is 10.7 Å². The summed E-state index contributed by atoms with van der Waals surface area (Å²) in [5.41, 5.74) is 6.97. The zero-order chi connectivity index (χ0) is 12.3. The molecule has 1 aromatic carbocycles. The van der Waals surface area contributed by atoms with E-state index < -0.39 is 0 Å². The molecule has 0 aliphatic heterocycles. The van der Waals surface area contributed by atoms with E-state index in [1.54, 1.807) is 14.2 Å². The molecule has 1 aliphatic rings. The number of ether oxygens (including phenoxy) is 2. The zero-order valence-corrected chi connectivity index (χ0v) is 10.3. The van der Waals surface area contributed by atoms with Crippen LogP contribution in [0.25, 0.3) is 0 Å². The summed E-state index contributed by atoms with van der Waals surface area (Å²) < 4.78 is 10.4. The van der Waals surface area contributed by atoms with Crippen LogP contribution in [0.15, 0.2) is 23.2 Å². The monoisotopic (exact) mass is 234 g/mol. The number of hydrogen-bond acceptors (Lipinski definition) is 3. The lowest BCUT2D eigenvalue weighted by atomic mass is 10.1. The lowest BCUT2D eigenvalue weighted by molar-refractivity contribution is 0.354. The smallest absolute Gasteiger partial charge is 0.161 e. The fourth-order valence-corrected chi connectivity index (χ4v) is 1.68. The van der Waals surface area contributed by atoms with E-state index in [-0.39, 0.29) is 0 Å². The number of nitrogens with two attached hydrogens (primary N) is 1.